The molecular formula is C22H30N4O3. The first kappa shape index (κ1) is 19.8. The van der Waals surface area contributed by atoms with Crippen molar-refractivity contribution in [3.05, 3.63) is 41.2 Å². The van der Waals surface area contributed by atoms with Gasteiger partial charge in [-0.05, 0) is 56.5 Å². The van der Waals surface area contributed by atoms with Crippen molar-refractivity contribution in [1.82, 2.24) is 20.0 Å². The van der Waals surface area contributed by atoms with E-state index in [1.54, 1.807) is 7.11 Å². The van der Waals surface area contributed by atoms with E-state index in [9.17, 15) is 4.79 Å². The Morgan fingerprint density at radius 1 is 1.21 bits per heavy atom. The van der Waals surface area contributed by atoms with Gasteiger partial charge < -0.3 is 14.8 Å². The molecule has 3 heterocycles. The molecule has 0 spiro atoms. The molecule has 0 aliphatic carbocycles. The molecule has 1 amide bonds. The fourth-order valence-corrected chi connectivity index (χ4v) is 4.29. The van der Waals surface area contributed by atoms with Crippen LogP contribution in [0.5, 0.6) is 11.5 Å². The number of hydrogen-bond acceptors (Lipinski definition) is 5. The quantitative estimate of drug-likeness (QED) is 0.810. The number of likely N-dealkylation sites (tertiary alicyclic amines) is 1. The molecule has 156 valence electrons. The predicted octanol–water partition coefficient (Wildman–Crippen LogP) is 2.80. The number of nitrogens with zero attached hydrogens (tertiary/aromatic N) is 3. The Hall–Kier alpha value is -2.54. The van der Waals surface area contributed by atoms with Gasteiger partial charge in [-0.2, -0.15) is 5.10 Å². The Labute approximate surface area is 172 Å². The molecule has 1 N–H and O–H groups in total. The highest BCUT2D eigenvalue weighted by molar-refractivity contribution is 5.92. The van der Waals surface area contributed by atoms with Crippen LogP contribution in [0.2, 0.25) is 0 Å². The SMILES string of the molecule is CCOc1ccc(CN2CCCC(c3cc4n(n3)CCCNC4=O)C2)cc1OC. The van der Waals surface area contributed by atoms with Crippen molar-refractivity contribution in [3.8, 4) is 11.5 Å². The Kier molecular flexibility index (Phi) is 6.04. The summed E-state index contributed by atoms with van der Waals surface area (Å²) >= 11 is 0. The second-order valence-electron chi connectivity index (χ2n) is 7.78. The molecule has 7 nitrogen and oxygen atoms in total. The Morgan fingerprint density at radius 3 is 2.93 bits per heavy atom. The van der Waals surface area contributed by atoms with E-state index < -0.39 is 0 Å². The van der Waals surface area contributed by atoms with E-state index >= 15 is 0 Å². The molecule has 1 fully saturated rings. The molecule has 0 bridgehead atoms. The molecular weight excluding hydrogens is 368 g/mol. The summed E-state index contributed by atoms with van der Waals surface area (Å²) in [5.41, 5.74) is 2.96. The molecule has 1 unspecified atom stereocenters. The first-order chi connectivity index (χ1) is 14.2. The zero-order valence-corrected chi connectivity index (χ0v) is 17.3. The van der Waals surface area contributed by atoms with Crippen molar-refractivity contribution >= 4 is 5.91 Å². The number of carbonyl (C=O) groups excluding carboxylic acids is 1. The van der Waals surface area contributed by atoms with E-state index in [-0.39, 0.29) is 5.91 Å². The zero-order chi connectivity index (χ0) is 20.2. The summed E-state index contributed by atoms with van der Waals surface area (Å²) in [5, 5.41) is 7.73. The third-order valence-electron chi connectivity index (χ3n) is 5.72. The molecule has 2 aliphatic heterocycles. The first-order valence-corrected chi connectivity index (χ1v) is 10.6. The Bertz CT molecular complexity index is 864. The van der Waals surface area contributed by atoms with Crippen LogP contribution in [0.3, 0.4) is 0 Å². The van der Waals surface area contributed by atoms with Crippen LogP contribution < -0.4 is 14.8 Å². The molecule has 1 aromatic carbocycles. The van der Waals surface area contributed by atoms with Crippen LogP contribution in [0.15, 0.2) is 24.3 Å². The van der Waals surface area contributed by atoms with Gasteiger partial charge in [0.2, 0.25) is 0 Å². The minimum absolute atomic E-state index is 0.00426. The van der Waals surface area contributed by atoms with Gasteiger partial charge in [-0.25, -0.2) is 0 Å². The van der Waals surface area contributed by atoms with Gasteiger partial charge in [-0.3, -0.25) is 14.4 Å². The molecule has 2 aromatic rings. The Balaban J connectivity index is 1.45. The lowest BCUT2D eigenvalue weighted by Gasteiger charge is -2.32. The lowest BCUT2D eigenvalue weighted by Crippen LogP contribution is -2.34. The maximum atomic E-state index is 12.2. The fraction of sp³-hybridized carbons (Fsp3) is 0.545. The van der Waals surface area contributed by atoms with E-state index in [2.05, 4.69) is 22.3 Å². The zero-order valence-electron chi connectivity index (χ0n) is 17.3. The molecule has 7 heteroatoms. The average molecular weight is 399 g/mol. The minimum Gasteiger partial charge on any atom is -0.493 e. The van der Waals surface area contributed by atoms with Gasteiger partial charge in [0, 0.05) is 32.1 Å². The number of ether oxygens (including phenoxy) is 2. The number of aryl methyl sites for hydroxylation is 1. The highest BCUT2D eigenvalue weighted by atomic mass is 16.5. The third-order valence-corrected chi connectivity index (χ3v) is 5.72. The topological polar surface area (TPSA) is 68.6 Å². The van der Waals surface area contributed by atoms with Crippen LogP contribution in [-0.4, -0.2) is 53.9 Å². The summed E-state index contributed by atoms with van der Waals surface area (Å²) in [7, 11) is 1.68. The summed E-state index contributed by atoms with van der Waals surface area (Å²) in [4.78, 5) is 14.7. The number of aromatic nitrogens is 2. The van der Waals surface area contributed by atoms with Gasteiger partial charge in [-0.15, -0.1) is 0 Å². The molecule has 1 aromatic heterocycles. The summed E-state index contributed by atoms with van der Waals surface area (Å²) < 4.78 is 13.0. The van der Waals surface area contributed by atoms with Gasteiger partial charge in [-0.1, -0.05) is 6.07 Å². The van der Waals surface area contributed by atoms with Crippen LogP contribution in [0.4, 0.5) is 0 Å². The molecule has 0 saturated carbocycles. The second kappa shape index (κ2) is 8.86. The highest BCUT2D eigenvalue weighted by Gasteiger charge is 2.26. The summed E-state index contributed by atoms with van der Waals surface area (Å²) in [6.07, 6.45) is 3.17. The van der Waals surface area contributed by atoms with Gasteiger partial charge in [0.15, 0.2) is 11.5 Å². The second-order valence-corrected chi connectivity index (χ2v) is 7.78. The van der Waals surface area contributed by atoms with Gasteiger partial charge >= 0.3 is 0 Å². The van der Waals surface area contributed by atoms with E-state index in [0.717, 1.165) is 69.2 Å². The third kappa shape index (κ3) is 4.40. The normalized spacial score (nSPS) is 19.9. The summed E-state index contributed by atoms with van der Waals surface area (Å²) in [5.74, 6) is 1.92. The van der Waals surface area contributed by atoms with Crippen LogP contribution in [0, 0.1) is 0 Å². The van der Waals surface area contributed by atoms with Crippen LogP contribution in [0.1, 0.15) is 53.8 Å². The first-order valence-electron chi connectivity index (χ1n) is 10.6. The number of methoxy groups -OCH3 is 1. The number of nitrogens with one attached hydrogen (secondary N) is 1. The number of carbonyl (C=O) groups is 1. The van der Waals surface area contributed by atoms with Crippen molar-refractivity contribution in [3.63, 3.8) is 0 Å². The van der Waals surface area contributed by atoms with Crippen LogP contribution >= 0.6 is 0 Å². The molecule has 0 radical (unpaired) electrons. The smallest absolute Gasteiger partial charge is 0.269 e. The number of hydrogen-bond donors (Lipinski definition) is 1. The average Bonchev–Trinajstić information content (AvgIpc) is 3.09. The molecule has 29 heavy (non-hydrogen) atoms. The molecule has 1 saturated heterocycles. The van der Waals surface area contributed by atoms with Crippen molar-refractivity contribution in [1.29, 1.82) is 0 Å². The number of benzene rings is 1. The molecule has 1 atom stereocenters. The number of rotatable bonds is 6. The van der Waals surface area contributed by atoms with Crippen LogP contribution in [-0.2, 0) is 13.1 Å². The van der Waals surface area contributed by atoms with Gasteiger partial charge in [0.05, 0.1) is 19.4 Å². The van der Waals surface area contributed by atoms with Crippen molar-refractivity contribution in [2.75, 3.05) is 33.4 Å². The summed E-state index contributed by atoms with van der Waals surface area (Å²) in [6.45, 7) is 7.01. The van der Waals surface area contributed by atoms with Crippen molar-refractivity contribution in [2.45, 2.75) is 45.2 Å². The minimum atomic E-state index is -0.00426. The maximum Gasteiger partial charge on any atom is 0.269 e. The predicted molar refractivity (Wildman–Crippen MR) is 111 cm³/mol. The summed E-state index contributed by atoms with van der Waals surface area (Å²) in [6, 6.07) is 8.16. The highest BCUT2D eigenvalue weighted by Crippen LogP contribution is 2.31. The fourth-order valence-electron chi connectivity index (χ4n) is 4.29. The van der Waals surface area contributed by atoms with E-state index in [1.165, 1.54) is 5.56 Å². The molecule has 2 aliphatic rings. The Morgan fingerprint density at radius 2 is 2.10 bits per heavy atom. The van der Waals surface area contributed by atoms with E-state index in [4.69, 9.17) is 14.6 Å². The van der Waals surface area contributed by atoms with E-state index in [1.807, 2.05) is 23.7 Å². The van der Waals surface area contributed by atoms with Crippen molar-refractivity contribution < 1.29 is 14.3 Å². The molecule has 4 rings (SSSR count). The van der Waals surface area contributed by atoms with Gasteiger partial charge in [0.1, 0.15) is 5.69 Å². The van der Waals surface area contributed by atoms with Gasteiger partial charge in [0.25, 0.3) is 5.91 Å². The standard InChI is InChI=1S/C22H30N4O3/c1-3-29-20-8-7-16(12-21(20)28-2)14-25-10-4-6-17(15-25)18-13-19-22(27)23-9-5-11-26(19)24-18/h7-8,12-13,17H,3-6,9-11,14-15H2,1-2H3,(H,23,27). The number of fused-ring (bicyclic) bond motifs is 1. The van der Waals surface area contributed by atoms with Crippen molar-refractivity contribution in [2.24, 2.45) is 0 Å². The monoisotopic (exact) mass is 398 g/mol. The lowest BCUT2D eigenvalue weighted by molar-refractivity contribution is 0.0950. The largest absolute Gasteiger partial charge is 0.493 e. The maximum absolute atomic E-state index is 12.2. The number of amides is 1. The van der Waals surface area contributed by atoms with Crippen LogP contribution in [0.25, 0.3) is 0 Å². The van der Waals surface area contributed by atoms with E-state index in [0.29, 0.717) is 18.2 Å². The lowest BCUT2D eigenvalue weighted by atomic mass is 9.94. The number of piperidine rings is 1.